The molecule has 0 unspecified atom stereocenters. The molecule has 0 aliphatic carbocycles. The van der Waals surface area contributed by atoms with Crippen molar-refractivity contribution in [2.75, 3.05) is 6.54 Å². The summed E-state index contributed by atoms with van der Waals surface area (Å²) in [4.78, 5) is 84.4. The Morgan fingerprint density at radius 2 is 1.61 bits per heavy atom. The van der Waals surface area contributed by atoms with E-state index in [-0.39, 0.29) is 18.9 Å². The van der Waals surface area contributed by atoms with Gasteiger partial charge in [0.05, 0.1) is 6.42 Å². The first-order valence-corrected chi connectivity index (χ1v) is 15.3. The number of unbranched alkanes of at least 4 members (excludes halogenated alkanes) is 1. The SMILES string of the molecule is CCCC[C@@H]1NC(=O)[C@@H](C(C)C)NC(=O)[C@@H]2CCCN2C(=O)[C@@H](CC(=O)O)NC(=O)[C@@H](Cc2c[nH]c3ccccc23)NC1=O. The summed E-state index contributed by atoms with van der Waals surface area (Å²) in [5.74, 6) is -4.81. The summed E-state index contributed by atoms with van der Waals surface area (Å²) in [5.41, 5.74) is 1.55. The van der Waals surface area contributed by atoms with Crippen molar-refractivity contribution in [3.8, 4) is 0 Å². The molecule has 6 N–H and O–H groups in total. The number of carboxylic acids is 1. The lowest BCUT2D eigenvalue weighted by molar-refractivity contribution is -0.146. The van der Waals surface area contributed by atoms with Gasteiger partial charge < -0.3 is 36.3 Å². The number of aromatic amines is 1. The van der Waals surface area contributed by atoms with Crippen molar-refractivity contribution in [3.05, 3.63) is 36.0 Å². The van der Waals surface area contributed by atoms with Crippen LogP contribution in [0, 0.1) is 5.92 Å². The topological polar surface area (TPSA) is 190 Å². The molecule has 0 radical (unpaired) electrons. The molecule has 5 amide bonds. The maximum atomic E-state index is 13.8. The number of aliphatic carboxylic acids is 1. The number of fused-ring (bicyclic) bond motifs is 2. The van der Waals surface area contributed by atoms with E-state index in [2.05, 4.69) is 26.3 Å². The standard InChI is InChI=1S/C31H42N6O7/c1-4-5-10-21-27(40)34-22(14-18-16-32-20-11-7-6-9-19(18)20)28(41)35-23(15-25(38)39)31(44)37-13-8-12-24(37)29(42)36-26(17(2)3)30(43)33-21/h6-7,9,11,16-17,21-24,26,32H,4-5,8,10,12-15H2,1-3H3,(H,33,43)(H,34,40)(H,35,41)(H,36,42)(H,38,39)/t21-,22+,23+,24-,26+/m0/s1. The summed E-state index contributed by atoms with van der Waals surface area (Å²) < 4.78 is 0. The van der Waals surface area contributed by atoms with Gasteiger partial charge in [0.1, 0.15) is 30.2 Å². The van der Waals surface area contributed by atoms with Gasteiger partial charge in [0.25, 0.3) is 0 Å². The zero-order chi connectivity index (χ0) is 32.0. The van der Waals surface area contributed by atoms with Crippen LogP contribution in [0.4, 0.5) is 0 Å². The number of amides is 5. The van der Waals surface area contributed by atoms with Crippen LogP contribution in [0.25, 0.3) is 10.9 Å². The first kappa shape index (κ1) is 32.5. The van der Waals surface area contributed by atoms with Gasteiger partial charge in [-0.3, -0.25) is 28.8 Å². The van der Waals surface area contributed by atoms with Gasteiger partial charge in [0.15, 0.2) is 0 Å². The Hall–Kier alpha value is -4.42. The summed E-state index contributed by atoms with van der Waals surface area (Å²) in [7, 11) is 0. The van der Waals surface area contributed by atoms with Crippen LogP contribution in [0.5, 0.6) is 0 Å². The van der Waals surface area contributed by atoms with Crippen LogP contribution in [0.15, 0.2) is 30.5 Å². The number of nitrogens with one attached hydrogen (secondary N) is 5. The van der Waals surface area contributed by atoms with Crippen LogP contribution in [-0.4, -0.2) is 87.2 Å². The van der Waals surface area contributed by atoms with Gasteiger partial charge in [-0.1, -0.05) is 51.8 Å². The highest BCUT2D eigenvalue weighted by Gasteiger charge is 2.41. The minimum absolute atomic E-state index is 0.0328. The summed E-state index contributed by atoms with van der Waals surface area (Å²) >= 11 is 0. The molecular formula is C31H42N6O7. The molecule has 1 aromatic heterocycles. The fraction of sp³-hybridized carbons (Fsp3) is 0.548. The van der Waals surface area contributed by atoms with Crippen molar-refractivity contribution >= 4 is 46.4 Å². The zero-order valence-corrected chi connectivity index (χ0v) is 25.4. The molecule has 2 aromatic rings. The molecule has 0 saturated carbocycles. The van der Waals surface area contributed by atoms with Crippen molar-refractivity contribution in [1.82, 2.24) is 31.2 Å². The van der Waals surface area contributed by atoms with Gasteiger partial charge in [-0.05, 0) is 36.8 Å². The van der Waals surface area contributed by atoms with Gasteiger partial charge in [0, 0.05) is 30.1 Å². The molecule has 2 aliphatic rings. The molecule has 13 heteroatoms. The molecule has 5 atom stereocenters. The number of nitrogens with zero attached hydrogens (tertiary/aromatic N) is 1. The van der Waals surface area contributed by atoms with E-state index in [1.54, 1.807) is 20.0 Å². The maximum Gasteiger partial charge on any atom is 0.305 e. The van der Waals surface area contributed by atoms with E-state index >= 15 is 0 Å². The summed E-state index contributed by atoms with van der Waals surface area (Å²) in [5, 5.41) is 21.3. The lowest BCUT2D eigenvalue weighted by Crippen LogP contribution is -2.58. The lowest BCUT2D eigenvalue weighted by Gasteiger charge is -2.30. The molecule has 0 spiro atoms. The molecular weight excluding hydrogens is 568 g/mol. The number of rotatable bonds is 8. The van der Waals surface area contributed by atoms with Crippen LogP contribution < -0.4 is 21.3 Å². The van der Waals surface area contributed by atoms with Gasteiger partial charge in [-0.2, -0.15) is 0 Å². The second-order valence-electron chi connectivity index (χ2n) is 11.9. The third-order valence-corrected chi connectivity index (χ3v) is 8.29. The molecule has 2 fully saturated rings. The second-order valence-corrected chi connectivity index (χ2v) is 11.9. The smallest absolute Gasteiger partial charge is 0.305 e. The van der Waals surface area contributed by atoms with E-state index in [9.17, 15) is 33.9 Å². The number of carboxylic acid groups (broad SMARTS) is 1. The van der Waals surface area contributed by atoms with Crippen molar-refractivity contribution in [3.63, 3.8) is 0 Å². The zero-order valence-electron chi connectivity index (χ0n) is 25.4. The number of carbonyl (C=O) groups is 6. The Bertz CT molecular complexity index is 1400. The Morgan fingerprint density at radius 1 is 0.932 bits per heavy atom. The van der Waals surface area contributed by atoms with E-state index in [1.165, 1.54) is 4.90 Å². The quantitative estimate of drug-likeness (QED) is 0.257. The van der Waals surface area contributed by atoms with E-state index < -0.39 is 72.1 Å². The van der Waals surface area contributed by atoms with E-state index in [0.29, 0.717) is 25.7 Å². The second kappa shape index (κ2) is 14.4. The van der Waals surface area contributed by atoms with Crippen LogP contribution in [0.3, 0.4) is 0 Å². The average Bonchev–Trinajstić information content (AvgIpc) is 3.63. The number of H-pyrrole nitrogens is 1. The fourth-order valence-corrected chi connectivity index (χ4v) is 5.88. The van der Waals surface area contributed by atoms with Crippen molar-refractivity contribution in [1.29, 1.82) is 0 Å². The summed E-state index contributed by atoms with van der Waals surface area (Å²) in [6.45, 7) is 5.67. The Morgan fingerprint density at radius 3 is 2.32 bits per heavy atom. The number of carbonyl (C=O) groups excluding carboxylic acids is 5. The summed E-state index contributed by atoms with van der Waals surface area (Å²) in [6.07, 6.45) is 3.53. The predicted octanol–water partition coefficient (Wildman–Crippen LogP) is 0.975. The predicted molar refractivity (Wildman–Crippen MR) is 161 cm³/mol. The van der Waals surface area contributed by atoms with Crippen molar-refractivity contribution < 1.29 is 33.9 Å². The molecule has 3 heterocycles. The molecule has 13 nitrogen and oxygen atoms in total. The fourth-order valence-electron chi connectivity index (χ4n) is 5.88. The van der Waals surface area contributed by atoms with Crippen LogP contribution in [-0.2, 0) is 35.2 Å². The normalized spacial score (nSPS) is 25.5. The third kappa shape index (κ3) is 7.56. The highest BCUT2D eigenvalue weighted by molar-refractivity contribution is 5.99. The lowest BCUT2D eigenvalue weighted by atomic mass is 10.0. The molecule has 0 bridgehead atoms. The van der Waals surface area contributed by atoms with Gasteiger partial charge in [-0.15, -0.1) is 0 Å². The van der Waals surface area contributed by atoms with Crippen molar-refractivity contribution in [2.45, 2.75) is 95.9 Å². The molecule has 44 heavy (non-hydrogen) atoms. The first-order valence-electron chi connectivity index (χ1n) is 15.3. The Labute approximate surface area is 255 Å². The number of hydrogen-bond acceptors (Lipinski definition) is 6. The van der Waals surface area contributed by atoms with Crippen LogP contribution >= 0.6 is 0 Å². The molecule has 4 rings (SSSR count). The molecule has 238 valence electrons. The van der Waals surface area contributed by atoms with Gasteiger partial charge >= 0.3 is 5.97 Å². The average molecular weight is 611 g/mol. The number of benzene rings is 1. The largest absolute Gasteiger partial charge is 0.481 e. The Kier molecular flexibility index (Phi) is 10.6. The number of hydrogen-bond donors (Lipinski definition) is 6. The molecule has 2 saturated heterocycles. The van der Waals surface area contributed by atoms with Gasteiger partial charge in [-0.25, -0.2) is 0 Å². The number of aromatic nitrogens is 1. The monoisotopic (exact) mass is 610 g/mol. The van der Waals surface area contributed by atoms with Crippen molar-refractivity contribution in [2.24, 2.45) is 5.92 Å². The van der Waals surface area contributed by atoms with Crippen LogP contribution in [0.2, 0.25) is 0 Å². The van der Waals surface area contributed by atoms with E-state index in [4.69, 9.17) is 0 Å². The molecule has 1 aromatic carbocycles. The maximum absolute atomic E-state index is 13.8. The minimum Gasteiger partial charge on any atom is -0.481 e. The molecule has 2 aliphatic heterocycles. The highest BCUT2D eigenvalue weighted by Crippen LogP contribution is 2.22. The van der Waals surface area contributed by atoms with E-state index in [0.717, 1.165) is 22.9 Å². The third-order valence-electron chi connectivity index (χ3n) is 8.29. The highest BCUT2D eigenvalue weighted by atomic mass is 16.4. The van der Waals surface area contributed by atoms with Gasteiger partial charge in [0.2, 0.25) is 29.5 Å². The first-order chi connectivity index (χ1) is 21.0. The number of para-hydroxylation sites is 1. The van der Waals surface area contributed by atoms with E-state index in [1.807, 2.05) is 31.2 Å². The van der Waals surface area contributed by atoms with Crippen LogP contribution in [0.1, 0.15) is 64.9 Å². The minimum atomic E-state index is -1.47. The Balaban J connectivity index is 1.75. The summed E-state index contributed by atoms with van der Waals surface area (Å²) in [6, 6.07) is 1.86.